The molecule has 5 heterocycles. The van der Waals surface area contributed by atoms with Gasteiger partial charge in [0.1, 0.15) is 5.82 Å². The average molecular weight is 1110 g/mol. The molecule has 0 radical (unpaired) electrons. The van der Waals surface area contributed by atoms with E-state index in [-0.39, 0.29) is 26.5 Å². The molecule has 8 heteroatoms. The van der Waals surface area contributed by atoms with Crippen LogP contribution >= 0.6 is 0 Å². The molecule has 14 aromatic rings. The van der Waals surface area contributed by atoms with Crippen molar-refractivity contribution in [2.24, 2.45) is 0 Å². The first-order chi connectivity index (χ1) is 34.9. The van der Waals surface area contributed by atoms with Gasteiger partial charge in [0, 0.05) is 77.2 Å². The van der Waals surface area contributed by atoms with Gasteiger partial charge < -0.3 is 23.0 Å². The number of ether oxygens (including phenoxy) is 1. The van der Waals surface area contributed by atoms with Gasteiger partial charge in [-0.1, -0.05) is 142 Å². The maximum absolute atomic E-state index is 6.73. The van der Waals surface area contributed by atoms with Crippen molar-refractivity contribution in [3.05, 3.63) is 236 Å². The van der Waals surface area contributed by atoms with E-state index in [1.807, 2.05) is 24.4 Å². The Hall–Kier alpha value is -8.51. The standard InChI is InChI=1S/C64H44N6O.Pt/c1-64(2,3)42-35-36-65-60(37-42)70-52-28-13-10-25-48(52)49-34-33-47(39-57(49)70)71-46-24-18-23-45(38-46)66-41-67(56-32-17-16-31-55(56)66)63-61-50-26-11-14-29-53(50)68(43-19-6-4-7-20-43)58(61)40-59-62(63)51-27-12-15-30-54(51)69(59)44-21-8-5-9-22-44;/h4-37,40H,1-3H3;/q-2;. The Morgan fingerprint density at radius 3 is 1.67 bits per heavy atom. The SMILES string of the molecule is CC(C)(C)c1ccnc(-n2c3[c-]c(Oc4[c-]c(-n5[c-][n+](-c6c7c8ccccc8n(-c8ccccc8)c7cc7c6c6ccccc6n7-c6ccccc6)c6ccccc65)ccc4)ccc3c3ccccc32)c1.[Pt]. The topological polar surface area (TPSA) is 45.7 Å². The Morgan fingerprint density at radius 2 is 1.03 bits per heavy atom. The summed E-state index contributed by atoms with van der Waals surface area (Å²) >= 11 is 0. The third-order valence-electron chi connectivity index (χ3n) is 14.0. The largest absolute Gasteiger partial charge is 0.510 e. The zero-order valence-electron chi connectivity index (χ0n) is 39.6. The van der Waals surface area contributed by atoms with Gasteiger partial charge in [-0.15, -0.1) is 29.7 Å². The predicted octanol–water partition coefficient (Wildman–Crippen LogP) is 15.1. The van der Waals surface area contributed by atoms with Crippen molar-refractivity contribution in [2.45, 2.75) is 26.2 Å². The van der Waals surface area contributed by atoms with Crippen molar-refractivity contribution in [2.75, 3.05) is 0 Å². The van der Waals surface area contributed by atoms with E-state index in [4.69, 9.17) is 9.72 Å². The van der Waals surface area contributed by atoms with Gasteiger partial charge >= 0.3 is 0 Å². The van der Waals surface area contributed by atoms with E-state index in [0.717, 1.165) is 105 Å². The summed E-state index contributed by atoms with van der Waals surface area (Å²) in [5.74, 6) is 1.99. The molecular formula is C64H44N6OPt-2. The summed E-state index contributed by atoms with van der Waals surface area (Å²) in [6, 6.07) is 80.0. The Kier molecular flexibility index (Phi) is 10.2. The molecule has 0 spiro atoms. The van der Waals surface area contributed by atoms with Gasteiger partial charge in [-0.2, -0.15) is 18.2 Å². The second-order valence-corrected chi connectivity index (χ2v) is 19.2. The van der Waals surface area contributed by atoms with E-state index in [2.05, 4.69) is 250 Å². The molecule has 0 fully saturated rings. The molecule has 0 aliphatic carbocycles. The summed E-state index contributed by atoms with van der Waals surface area (Å²) in [6.45, 7) is 6.68. The molecule has 7 nitrogen and oxygen atoms in total. The van der Waals surface area contributed by atoms with Crippen LogP contribution in [0, 0.1) is 18.5 Å². The van der Waals surface area contributed by atoms with Gasteiger partial charge in [-0.05, 0) is 82.7 Å². The van der Waals surface area contributed by atoms with Crippen LogP contribution in [0.2, 0.25) is 0 Å². The van der Waals surface area contributed by atoms with Crippen LogP contribution in [0.3, 0.4) is 0 Å². The van der Waals surface area contributed by atoms with Crippen molar-refractivity contribution in [3.63, 3.8) is 0 Å². The number of hydrogen-bond acceptors (Lipinski definition) is 2. The summed E-state index contributed by atoms with van der Waals surface area (Å²) in [6.07, 6.45) is 5.82. The summed E-state index contributed by atoms with van der Waals surface area (Å²) in [5.41, 5.74) is 13.6. The molecular weight excluding hydrogens is 1060 g/mol. The first-order valence-electron chi connectivity index (χ1n) is 24.1. The van der Waals surface area contributed by atoms with Crippen LogP contribution in [-0.2, 0) is 26.5 Å². The van der Waals surface area contributed by atoms with Gasteiger partial charge in [-0.3, -0.25) is 4.57 Å². The van der Waals surface area contributed by atoms with Crippen LogP contribution in [-0.4, -0.2) is 23.3 Å². The molecule has 348 valence electrons. The van der Waals surface area contributed by atoms with Crippen molar-refractivity contribution < 1.29 is 30.4 Å². The van der Waals surface area contributed by atoms with Crippen LogP contribution in [0.25, 0.3) is 105 Å². The molecule has 5 aromatic heterocycles. The van der Waals surface area contributed by atoms with E-state index in [9.17, 15) is 0 Å². The fraction of sp³-hybridized carbons (Fsp3) is 0.0625. The van der Waals surface area contributed by atoms with E-state index in [1.54, 1.807) is 0 Å². The van der Waals surface area contributed by atoms with Crippen LogP contribution in [0.1, 0.15) is 26.3 Å². The van der Waals surface area contributed by atoms with Crippen LogP contribution in [0.15, 0.2) is 212 Å². The molecule has 0 unspecified atom stereocenters. The normalized spacial score (nSPS) is 12.0. The molecule has 0 saturated carbocycles. The molecule has 0 aliphatic heterocycles. The maximum Gasteiger partial charge on any atom is 0.268 e. The van der Waals surface area contributed by atoms with Crippen LogP contribution in [0.4, 0.5) is 0 Å². The predicted molar refractivity (Wildman–Crippen MR) is 287 cm³/mol. The number of imidazole rings is 1. The minimum Gasteiger partial charge on any atom is -0.510 e. The van der Waals surface area contributed by atoms with E-state index in [1.165, 1.54) is 5.56 Å². The number of nitrogens with zero attached hydrogens (tertiary/aromatic N) is 6. The minimum absolute atomic E-state index is 0. The summed E-state index contributed by atoms with van der Waals surface area (Å²) < 4.78 is 18.1. The van der Waals surface area contributed by atoms with E-state index < -0.39 is 0 Å². The van der Waals surface area contributed by atoms with Crippen molar-refractivity contribution >= 4 is 76.5 Å². The number of benzene rings is 9. The molecule has 14 rings (SSSR count). The quantitative estimate of drug-likeness (QED) is 0.118. The van der Waals surface area contributed by atoms with Gasteiger partial charge in [-0.25, -0.2) is 4.98 Å². The summed E-state index contributed by atoms with van der Waals surface area (Å²) in [5, 5.41) is 6.80. The van der Waals surface area contributed by atoms with Gasteiger partial charge in [0.15, 0.2) is 0 Å². The molecule has 9 aromatic carbocycles. The number of pyridine rings is 1. The number of para-hydroxylation sites is 7. The third-order valence-corrected chi connectivity index (χ3v) is 14.0. The Morgan fingerprint density at radius 1 is 0.472 bits per heavy atom. The summed E-state index contributed by atoms with van der Waals surface area (Å²) in [4.78, 5) is 4.88. The monoisotopic (exact) mass is 1110 g/mol. The fourth-order valence-electron chi connectivity index (χ4n) is 10.8. The molecule has 0 N–H and O–H groups in total. The van der Waals surface area contributed by atoms with Crippen LogP contribution < -0.4 is 9.30 Å². The van der Waals surface area contributed by atoms with E-state index >= 15 is 0 Å². The van der Waals surface area contributed by atoms with E-state index in [0.29, 0.717) is 11.5 Å². The molecule has 0 saturated heterocycles. The maximum atomic E-state index is 6.73. The minimum atomic E-state index is -0.0395. The Balaban J connectivity index is 0.00000504. The number of hydrogen-bond donors (Lipinski definition) is 0. The zero-order valence-corrected chi connectivity index (χ0v) is 41.9. The Labute approximate surface area is 430 Å². The van der Waals surface area contributed by atoms with Crippen molar-refractivity contribution in [1.29, 1.82) is 0 Å². The molecule has 72 heavy (non-hydrogen) atoms. The average Bonchev–Trinajstić information content (AvgIpc) is 4.15. The number of aromatic nitrogens is 6. The van der Waals surface area contributed by atoms with Crippen molar-refractivity contribution in [1.82, 2.24) is 23.3 Å². The number of fused-ring (bicyclic) bond motifs is 10. The second-order valence-electron chi connectivity index (χ2n) is 19.2. The molecule has 0 bridgehead atoms. The van der Waals surface area contributed by atoms with Crippen molar-refractivity contribution in [3.8, 4) is 40.1 Å². The van der Waals surface area contributed by atoms with Gasteiger partial charge in [0.2, 0.25) is 0 Å². The smallest absolute Gasteiger partial charge is 0.268 e. The molecule has 0 amide bonds. The fourth-order valence-corrected chi connectivity index (χ4v) is 10.8. The molecule has 0 atom stereocenters. The second kappa shape index (κ2) is 16.8. The molecule has 0 aliphatic rings. The Bertz CT molecular complexity index is 4290. The van der Waals surface area contributed by atoms with Crippen LogP contribution in [0.5, 0.6) is 11.5 Å². The third kappa shape index (κ3) is 6.76. The van der Waals surface area contributed by atoms with Gasteiger partial charge in [0.05, 0.1) is 38.8 Å². The zero-order chi connectivity index (χ0) is 47.4. The number of rotatable bonds is 7. The summed E-state index contributed by atoms with van der Waals surface area (Å²) in [7, 11) is 0. The first-order valence-corrected chi connectivity index (χ1v) is 24.1. The van der Waals surface area contributed by atoms with Gasteiger partial charge in [0.25, 0.3) is 6.33 Å². The first kappa shape index (κ1) is 43.5.